The van der Waals surface area contributed by atoms with Crippen LogP contribution in [0.25, 0.3) is 66.8 Å². The van der Waals surface area contributed by atoms with Crippen LogP contribution in [0.4, 0.5) is 17.1 Å². The Hall–Kier alpha value is -7.41. The van der Waals surface area contributed by atoms with Crippen molar-refractivity contribution in [2.45, 2.75) is 15.2 Å². The van der Waals surface area contributed by atoms with Crippen LogP contribution in [0.3, 0.4) is 0 Å². The quantitative estimate of drug-likeness (QED) is 0.178. The molecule has 274 valence electrons. The highest BCUT2D eigenvalue weighted by Crippen LogP contribution is 2.66. The highest BCUT2D eigenvalue weighted by molar-refractivity contribution is 8.00. The Labute approximate surface area is 344 Å². The Morgan fingerprint density at radius 1 is 0.492 bits per heavy atom. The minimum atomic E-state index is -0.659. The summed E-state index contributed by atoms with van der Waals surface area (Å²) in [4.78, 5) is 25.9. The number of hydrogen-bond donors (Lipinski definition) is 0. The van der Waals surface area contributed by atoms with Gasteiger partial charge in [0.05, 0.1) is 39.4 Å². The summed E-state index contributed by atoms with van der Waals surface area (Å²) in [5.41, 5.74) is 15.6. The first-order chi connectivity index (χ1) is 29.3. The molecule has 0 bridgehead atoms. The second-order valence-electron chi connectivity index (χ2n) is 15.3. The topological polar surface area (TPSA) is 54.8 Å². The maximum absolute atomic E-state index is 5.41. The predicted octanol–water partition coefficient (Wildman–Crippen LogP) is 13.2. The van der Waals surface area contributed by atoms with E-state index >= 15 is 0 Å². The average Bonchev–Trinajstić information content (AvgIpc) is 3.78. The van der Waals surface area contributed by atoms with Gasteiger partial charge in [0.1, 0.15) is 0 Å². The average molecular weight is 770 g/mol. The van der Waals surface area contributed by atoms with Crippen LogP contribution < -0.4 is 4.90 Å². The number of pyridine rings is 2. The van der Waals surface area contributed by atoms with Gasteiger partial charge in [0, 0.05) is 55.5 Å². The molecule has 10 aromatic rings. The second kappa shape index (κ2) is 12.3. The third kappa shape index (κ3) is 4.46. The van der Waals surface area contributed by atoms with Crippen molar-refractivity contribution in [1.29, 1.82) is 0 Å². The number of benzene rings is 7. The molecule has 3 aromatic heterocycles. The van der Waals surface area contributed by atoms with E-state index in [1.54, 1.807) is 0 Å². The first-order valence-corrected chi connectivity index (χ1v) is 20.7. The number of hydrogen-bond acceptors (Lipinski definition) is 6. The third-order valence-electron chi connectivity index (χ3n) is 12.3. The van der Waals surface area contributed by atoms with Crippen LogP contribution in [0.15, 0.2) is 198 Å². The number of para-hydroxylation sites is 3. The van der Waals surface area contributed by atoms with Gasteiger partial charge < -0.3 is 4.90 Å². The first kappa shape index (κ1) is 32.7. The standard InChI is InChI=1S/C53H31N5S/c1-2-16-34(17-3-1)58-44-25-10-11-26-46(44)59-51-45(58)28-27-40-47(51)37-19-6-8-22-39(37)53(40)41-23-13-29-54-49(41)50-42(53)30-33(31-55-50)52-56-43-24-9-7-20-38(43)48(57-52)36-21-12-15-32-14-4-5-18-35(32)36/h1-31H. The molecular weight excluding hydrogens is 739 g/mol. The van der Waals surface area contributed by atoms with Crippen molar-refractivity contribution in [1.82, 2.24) is 19.9 Å². The highest BCUT2D eigenvalue weighted by atomic mass is 32.2. The van der Waals surface area contributed by atoms with Crippen molar-refractivity contribution in [3.05, 3.63) is 211 Å². The maximum Gasteiger partial charge on any atom is 0.161 e. The predicted molar refractivity (Wildman–Crippen MR) is 239 cm³/mol. The summed E-state index contributed by atoms with van der Waals surface area (Å²) in [5.74, 6) is 0.642. The molecule has 0 saturated carbocycles. The minimum Gasteiger partial charge on any atom is -0.308 e. The Kier molecular flexibility index (Phi) is 6.80. The fourth-order valence-electron chi connectivity index (χ4n) is 9.95. The molecule has 13 rings (SSSR count). The second-order valence-corrected chi connectivity index (χ2v) is 16.4. The number of rotatable bonds is 3. The molecule has 1 aliphatic heterocycles. The van der Waals surface area contributed by atoms with Crippen LogP contribution in [0.1, 0.15) is 22.3 Å². The molecule has 0 radical (unpaired) electrons. The Morgan fingerprint density at radius 2 is 1.24 bits per heavy atom. The molecule has 0 amide bonds. The van der Waals surface area contributed by atoms with E-state index in [0.29, 0.717) is 5.82 Å². The summed E-state index contributed by atoms with van der Waals surface area (Å²) in [6.07, 6.45) is 3.83. The van der Waals surface area contributed by atoms with E-state index in [1.165, 1.54) is 48.8 Å². The van der Waals surface area contributed by atoms with Gasteiger partial charge in [-0.05, 0) is 81.6 Å². The Balaban J connectivity index is 1.07. The highest BCUT2D eigenvalue weighted by Gasteiger charge is 2.54. The molecule has 0 saturated heterocycles. The van der Waals surface area contributed by atoms with Crippen molar-refractivity contribution in [2.75, 3.05) is 4.90 Å². The summed E-state index contributed by atoms with van der Waals surface area (Å²) in [6, 6.07) is 63.0. The van der Waals surface area contributed by atoms with Crippen molar-refractivity contribution in [3.8, 4) is 45.2 Å². The monoisotopic (exact) mass is 769 g/mol. The van der Waals surface area contributed by atoms with E-state index in [1.807, 2.05) is 30.2 Å². The summed E-state index contributed by atoms with van der Waals surface area (Å²) >= 11 is 1.86. The molecule has 1 atom stereocenters. The third-order valence-corrected chi connectivity index (χ3v) is 13.5. The summed E-state index contributed by atoms with van der Waals surface area (Å²) in [7, 11) is 0. The number of anilines is 3. The number of aromatic nitrogens is 4. The van der Waals surface area contributed by atoms with E-state index in [9.17, 15) is 0 Å². The van der Waals surface area contributed by atoms with Crippen LogP contribution >= 0.6 is 11.8 Å². The van der Waals surface area contributed by atoms with Gasteiger partial charge in [-0.25, -0.2) is 9.97 Å². The van der Waals surface area contributed by atoms with Gasteiger partial charge >= 0.3 is 0 Å². The van der Waals surface area contributed by atoms with Gasteiger partial charge in [-0.15, -0.1) is 0 Å². The normalized spacial score (nSPS) is 15.4. The largest absolute Gasteiger partial charge is 0.308 e. The lowest BCUT2D eigenvalue weighted by atomic mass is 9.71. The van der Waals surface area contributed by atoms with Gasteiger partial charge in [0.2, 0.25) is 0 Å². The van der Waals surface area contributed by atoms with E-state index in [-0.39, 0.29) is 0 Å². The zero-order valence-electron chi connectivity index (χ0n) is 31.5. The zero-order valence-corrected chi connectivity index (χ0v) is 32.4. The number of nitrogens with zero attached hydrogens (tertiary/aromatic N) is 5. The molecule has 6 heteroatoms. The molecule has 59 heavy (non-hydrogen) atoms. The molecule has 0 fully saturated rings. The SMILES string of the molecule is c1ccc(N2c3ccccc3Sc3c2ccc2c3-c3ccccc3C23c2cccnc2-c2ncc(-c4nc(-c5cccc6ccccc56)c5ccccc5n4)cc23)cc1. The fraction of sp³-hybridized carbons (Fsp3) is 0.0189. The lowest BCUT2D eigenvalue weighted by Gasteiger charge is -2.35. The number of fused-ring (bicyclic) bond motifs is 15. The van der Waals surface area contributed by atoms with E-state index in [0.717, 1.165) is 61.3 Å². The lowest BCUT2D eigenvalue weighted by Crippen LogP contribution is -2.26. The van der Waals surface area contributed by atoms with Crippen molar-refractivity contribution in [2.24, 2.45) is 0 Å². The van der Waals surface area contributed by atoms with Crippen LogP contribution in [0, 0.1) is 0 Å². The molecule has 1 spiro atoms. The lowest BCUT2D eigenvalue weighted by molar-refractivity contribution is 0.788. The van der Waals surface area contributed by atoms with Gasteiger partial charge in [-0.2, -0.15) is 0 Å². The first-order valence-electron chi connectivity index (χ1n) is 19.9. The van der Waals surface area contributed by atoms with Crippen LogP contribution in [-0.2, 0) is 5.41 Å². The summed E-state index contributed by atoms with van der Waals surface area (Å²) < 4.78 is 0. The maximum atomic E-state index is 5.41. The van der Waals surface area contributed by atoms with Gasteiger partial charge in [0.15, 0.2) is 5.82 Å². The van der Waals surface area contributed by atoms with Crippen LogP contribution in [-0.4, -0.2) is 19.9 Å². The smallest absolute Gasteiger partial charge is 0.161 e. The van der Waals surface area contributed by atoms with Crippen molar-refractivity contribution >= 4 is 50.5 Å². The van der Waals surface area contributed by atoms with Gasteiger partial charge in [-0.3, -0.25) is 9.97 Å². The van der Waals surface area contributed by atoms with Crippen molar-refractivity contribution in [3.63, 3.8) is 0 Å². The van der Waals surface area contributed by atoms with E-state index in [4.69, 9.17) is 19.9 Å². The Morgan fingerprint density at radius 3 is 2.19 bits per heavy atom. The molecule has 0 N–H and O–H groups in total. The van der Waals surface area contributed by atoms with Crippen molar-refractivity contribution < 1.29 is 0 Å². The fourth-order valence-corrected chi connectivity index (χ4v) is 11.2. The van der Waals surface area contributed by atoms with Crippen LogP contribution in [0.2, 0.25) is 0 Å². The van der Waals surface area contributed by atoms with Gasteiger partial charge in [0.25, 0.3) is 0 Å². The molecule has 5 nitrogen and oxygen atoms in total. The summed E-state index contributed by atoms with van der Waals surface area (Å²) in [5, 5.41) is 3.35. The molecule has 4 heterocycles. The molecule has 3 aliphatic rings. The van der Waals surface area contributed by atoms with E-state index in [2.05, 4.69) is 175 Å². The zero-order chi connectivity index (χ0) is 38.7. The summed E-state index contributed by atoms with van der Waals surface area (Å²) in [6.45, 7) is 0. The van der Waals surface area contributed by atoms with Gasteiger partial charge in [-0.1, -0.05) is 139 Å². The molecular formula is C53H31N5S. The minimum absolute atomic E-state index is 0.642. The Bertz CT molecular complexity index is 3390. The molecule has 1 unspecified atom stereocenters. The van der Waals surface area contributed by atoms with Crippen LogP contribution in [0.5, 0.6) is 0 Å². The molecule has 2 aliphatic carbocycles. The van der Waals surface area contributed by atoms with E-state index < -0.39 is 5.41 Å². The molecule has 7 aromatic carbocycles.